The van der Waals surface area contributed by atoms with Crippen LogP contribution >= 0.6 is 24.0 Å². The molecule has 2 rings (SSSR count). The third-order valence-electron chi connectivity index (χ3n) is 4.41. The normalized spacial score (nSPS) is 17.7. The third kappa shape index (κ3) is 5.64. The van der Waals surface area contributed by atoms with Gasteiger partial charge >= 0.3 is 0 Å². The lowest BCUT2D eigenvalue weighted by molar-refractivity contribution is 0.0529. The van der Waals surface area contributed by atoms with Crippen molar-refractivity contribution in [3.63, 3.8) is 0 Å². The number of aryl methyl sites for hydroxylation is 1. The number of hydrogen-bond donors (Lipinski definition) is 2. The van der Waals surface area contributed by atoms with E-state index in [0.29, 0.717) is 11.9 Å². The lowest BCUT2D eigenvalue weighted by Crippen LogP contribution is -2.40. The predicted molar refractivity (Wildman–Crippen MR) is 108 cm³/mol. The summed E-state index contributed by atoms with van der Waals surface area (Å²) < 4.78 is 5.58. The molecule has 0 unspecified atom stereocenters. The third-order valence-corrected chi connectivity index (χ3v) is 4.41. The van der Waals surface area contributed by atoms with Gasteiger partial charge < -0.3 is 15.8 Å². The highest BCUT2D eigenvalue weighted by Gasteiger charge is 2.35. The first kappa shape index (κ1) is 20.2. The van der Waals surface area contributed by atoms with Gasteiger partial charge in [-0.15, -0.1) is 24.0 Å². The highest BCUT2D eigenvalue weighted by atomic mass is 127. The van der Waals surface area contributed by atoms with Crippen molar-refractivity contribution >= 4 is 29.9 Å². The first-order valence-corrected chi connectivity index (χ1v) is 8.21. The Morgan fingerprint density at radius 2 is 1.96 bits per heavy atom. The monoisotopic (exact) mass is 431 g/mol. The van der Waals surface area contributed by atoms with Gasteiger partial charge in [0.15, 0.2) is 5.96 Å². The zero-order chi connectivity index (χ0) is 16.0. The van der Waals surface area contributed by atoms with Gasteiger partial charge in [-0.25, -0.2) is 0 Å². The largest absolute Gasteiger partial charge is 0.381 e. The van der Waals surface area contributed by atoms with E-state index >= 15 is 0 Å². The van der Waals surface area contributed by atoms with Crippen LogP contribution in [0.15, 0.2) is 29.3 Å². The second kappa shape index (κ2) is 9.47. The van der Waals surface area contributed by atoms with Gasteiger partial charge in [0.05, 0.1) is 6.54 Å². The average Bonchev–Trinajstić information content (AvgIpc) is 2.52. The average molecular weight is 431 g/mol. The van der Waals surface area contributed by atoms with Gasteiger partial charge in [-0.3, -0.25) is 4.99 Å². The molecule has 0 aromatic heterocycles. The quantitative estimate of drug-likeness (QED) is 0.428. The molecule has 0 spiro atoms. The summed E-state index contributed by atoms with van der Waals surface area (Å²) in [6.07, 6.45) is 2.00. The van der Waals surface area contributed by atoms with Crippen molar-refractivity contribution in [2.45, 2.75) is 39.0 Å². The highest BCUT2D eigenvalue weighted by molar-refractivity contribution is 14.0. The lowest BCUT2D eigenvalue weighted by Gasteiger charge is -2.37. The molecular weight excluding hydrogens is 401 g/mol. The first-order valence-electron chi connectivity index (χ1n) is 8.21. The van der Waals surface area contributed by atoms with Gasteiger partial charge in [-0.1, -0.05) is 38.1 Å². The number of guanidine groups is 1. The molecular formula is C18H30IN3O. The Morgan fingerprint density at radius 3 is 2.57 bits per heavy atom. The maximum Gasteiger partial charge on any atom is 0.188 e. The van der Waals surface area contributed by atoms with E-state index in [0.717, 1.165) is 39.1 Å². The first-order chi connectivity index (χ1) is 10.5. The van der Waals surface area contributed by atoms with Gasteiger partial charge in [0.25, 0.3) is 0 Å². The molecule has 1 aliphatic rings. The molecule has 5 heteroatoms. The Kier molecular flexibility index (Phi) is 8.33. The van der Waals surface area contributed by atoms with Crippen LogP contribution < -0.4 is 11.1 Å². The summed E-state index contributed by atoms with van der Waals surface area (Å²) in [5.74, 6) is 1.11. The molecule has 0 amide bonds. The van der Waals surface area contributed by atoms with Gasteiger partial charge in [0.2, 0.25) is 0 Å². The summed E-state index contributed by atoms with van der Waals surface area (Å²) >= 11 is 0. The number of rotatable bonds is 5. The number of benzene rings is 1. The molecule has 0 radical (unpaired) electrons. The Morgan fingerprint density at radius 1 is 1.30 bits per heavy atom. The van der Waals surface area contributed by atoms with Gasteiger partial charge in [0.1, 0.15) is 0 Å². The van der Waals surface area contributed by atoms with Crippen LogP contribution in [-0.4, -0.2) is 32.3 Å². The van der Waals surface area contributed by atoms with Crippen molar-refractivity contribution in [1.29, 1.82) is 0 Å². The van der Waals surface area contributed by atoms with Crippen LogP contribution in [0.1, 0.15) is 37.8 Å². The van der Waals surface area contributed by atoms with Gasteiger partial charge in [-0.2, -0.15) is 0 Å². The Balaban J connectivity index is 0.00000264. The Hall–Kier alpha value is -0.820. The Bertz CT molecular complexity index is 511. The van der Waals surface area contributed by atoms with Crippen molar-refractivity contribution in [1.82, 2.24) is 5.32 Å². The molecule has 0 saturated carbocycles. The summed E-state index contributed by atoms with van der Waals surface area (Å²) in [5, 5.41) is 3.20. The van der Waals surface area contributed by atoms with Crippen LogP contribution in [0, 0.1) is 12.8 Å². The number of halogens is 1. The van der Waals surface area contributed by atoms with E-state index in [4.69, 9.17) is 10.5 Å². The Labute approximate surface area is 157 Å². The van der Waals surface area contributed by atoms with E-state index in [-0.39, 0.29) is 29.4 Å². The number of hydrogen-bond acceptors (Lipinski definition) is 2. The number of nitrogens with zero attached hydrogens (tertiary/aromatic N) is 1. The zero-order valence-corrected chi connectivity index (χ0v) is 16.8. The molecule has 3 N–H and O–H groups in total. The van der Waals surface area contributed by atoms with Gasteiger partial charge in [0, 0.05) is 25.2 Å². The number of ether oxygens (including phenoxy) is 1. The van der Waals surface area contributed by atoms with E-state index < -0.39 is 0 Å². The summed E-state index contributed by atoms with van der Waals surface area (Å²) in [5.41, 5.74) is 8.79. The summed E-state index contributed by atoms with van der Waals surface area (Å²) in [7, 11) is 0. The molecule has 23 heavy (non-hydrogen) atoms. The molecule has 0 bridgehead atoms. The minimum Gasteiger partial charge on any atom is -0.381 e. The van der Waals surface area contributed by atoms with Crippen molar-refractivity contribution in [3.8, 4) is 0 Å². The van der Waals surface area contributed by atoms with Crippen LogP contribution in [0.3, 0.4) is 0 Å². The van der Waals surface area contributed by atoms with Crippen molar-refractivity contribution in [3.05, 3.63) is 35.4 Å². The molecule has 1 fully saturated rings. The smallest absolute Gasteiger partial charge is 0.188 e. The predicted octanol–water partition coefficient (Wildman–Crippen LogP) is 3.22. The second-order valence-electron chi connectivity index (χ2n) is 6.68. The maximum absolute atomic E-state index is 6.02. The van der Waals surface area contributed by atoms with Crippen molar-refractivity contribution < 1.29 is 4.74 Å². The zero-order valence-electron chi connectivity index (χ0n) is 14.5. The summed E-state index contributed by atoms with van der Waals surface area (Å²) in [6, 6.07) is 8.61. The number of nitrogens with two attached hydrogens (primary N) is 1. The molecule has 1 heterocycles. The van der Waals surface area contributed by atoms with Crippen LogP contribution in [0.25, 0.3) is 0 Å². The van der Waals surface area contributed by atoms with Crippen LogP contribution in [0.4, 0.5) is 0 Å². The fourth-order valence-corrected chi connectivity index (χ4v) is 3.04. The van der Waals surface area contributed by atoms with Crippen LogP contribution in [-0.2, 0) is 10.2 Å². The molecule has 1 aromatic carbocycles. The molecule has 4 nitrogen and oxygen atoms in total. The molecule has 130 valence electrons. The molecule has 1 saturated heterocycles. The topological polar surface area (TPSA) is 59.6 Å². The fourth-order valence-electron chi connectivity index (χ4n) is 3.04. The minimum absolute atomic E-state index is 0. The minimum atomic E-state index is 0. The van der Waals surface area contributed by atoms with E-state index in [9.17, 15) is 0 Å². The van der Waals surface area contributed by atoms with Crippen molar-refractivity contribution in [2.24, 2.45) is 16.6 Å². The van der Waals surface area contributed by atoms with E-state index in [2.05, 4.69) is 55.3 Å². The molecule has 1 aliphatic heterocycles. The van der Waals surface area contributed by atoms with Crippen LogP contribution in [0.2, 0.25) is 0 Å². The summed E-state index contributed by atoms with van der Waals surface area (Å²) in [4.78, 5) is 4.64. The molecule has 1 aromatic rings. The summed E-state index contributed by atoms with van der Waals surface area (Å²) in [6.45, 7) is 9.66. The van der Waals surface area contributed by atoms with Crippen molar-refractivity contribution in [2.75, 3.05) is 26.3 Å². The van der Waals surface area contributed by atoms with E-state index in [1.807, 2.05) is 0 Å². The second-order valence-corrected chi connectivity index (χ2v) is 6.68. The van der Waals surface area contributed by atoms with Gasteiger partial charge in [-0.05, 0) is 36.8 Å². The van der Waals surface area contributed by atoms with E-state index in [1.165, 1.54) is 11.1 Å². The highest BCUT2D eigenvalue weighted by Crippen LogP contribution is 2.36. The maximum atomic E-state index is 6.02. The fraction of sp³-hybridized carbons (Fsp3) is 0.611. The number of nitrogens with one attached hydrogen (secondary N) is 1. The molecule has 0 aliphatic carbocycles. The standard InChI is InChI=1S/C18H29N3O.HI/c1-14(2)12-20-17(19)21-13-18(8-10-22-11-9-18)16-7-5-4-6-15(16)3;/h4-7,14H,8-13H2,1-3H3,(H3,19,20,21);1H. The SMILES string of the molecule is Cc1ccccc1C1(CN=C(N)NCC(C)C)CCOCC1.I. The van der Waals surface area contributed by atoms with E-state index in [1.54, 1.807) is 0 Å². The lowest BCUT2D eigenvalue weighted by atomic mass is 9.72. The number of aliphatic imine (C=N–C) groups is 1. The molecule has 0 atom stereocenters. The van der Waals surface area contributed by atoms with Crippen LogP contribution in [0.5, 0.6) is 0 Å².